The number of likely N-dealkylation sites (tertiary alicyclic amines) is 1. The van der Waals surface area contributed by atoms with E-state index < -0.39 is 0 Å². The van der Waals surface area contributed by atoms with E-state index in [4.69, 9.17) is 0 Å². The molecule has 1 aromatic carbocycles. The Bertz CT molecular complexity index is 959. The number of carbonyl (C=O) groups is 1. The molecule has 1 aliphatic rings. The van der Waals surface area contributed by atoms with Crippen LogP contribution in [0, 0.1) is 0 Å². The van der Waals surface area contributed by atoms with E-state index in [2.05, 4.69) is 35.1 Å². The van der Waals surface area contributed by atoms with Gasteiger partial charge in [0.1, 0.15) is 22.7 Å². The van der Waals surface area contributed by atoms with Gasteiger partial charge in [0.25, 0.3) is 5.91 Å². The third-order valence-electron chi connectivity index (χ3n) is 5.09. The summed E-state index contributed by atoms with van der Waals surface area (Å²) >= 11 is 0. The lowest BCUT2D eigenvalue weighted by Crippen LogP contribution is -2.39. The van der Waals surface area contributed by atoms with Crippen LogP contribution in [0.3, 0.4) is 0 Å². The van der Waals surface area contributed by atoms with Gasteiger partial charge in [-0.1, -0.05) is 0 Å². The summed E-state index contributed by atoms with van der Waals surface area (Å²) in [6, 6.07) is 5.43. The van der Waals surface area contributed by atoms with Crippen molar-refractivity contribution in [2.45, 2.75) is 25.3 Å². The Hall–Kier alpha value is -2.81. The van der Waals surface area contributed by atoms with Crippen LogP contribution < -0.4 is 0 Å². The molecule has 9 heteroatoms. The maximum Gasteiger partial charge on any atom is 0.253 e. The average Bonchev–Trinajstić information content (AvgIpc) is 3.27. The van der Waals surface area contributed by atoms with Crippen molar-refractivity contribution < 1.29 is 4.79 Å². The first-order valence-corrected chi connectivity index (χ1v) is 9.15. The number of amides is 1. The van der Waals surface area contributed by atoms with Crippen LogP contribution in [-0.4, -0.2) is 73.1 Å². The molecule has 0 aliphatic carbocycles. The van der Waals surface area contributed by atoms with Crippen LogP contribution >= 0.6 is 0 Å². The van der Waals surface area contributed by atoms with Crippen LogP contribution in [0.25, 0.3) is 11.0 Å². The summed E-state index contributed by atoms with van der Waals surface area (Å²) in [5.41, 5.74) is 2.11. The molecular formula is C18H24N8O. The molecule has 0 unspecified atom stereocenters. The predicted octanol–water partition coefficient (Wildman–Crippen LogP) is 1.17. The third kappa shape index (κ3) is 3.42. The molecule has 1 atom stereocenters. The monoisotopic (exact) mass is 368 g/mol. The first kappa shape index (κ1) is 17.6. The Kier molecular flexibility index (Phi) is 4.61. The van der Waals surface area contributed by atoms with Gasteiger partial charge in [-0.05, 0) is 45.1 Å². The molecule has 1 fully saturated rings. The first-order chi connectivity index (χ1) is 13.0. The van der Waals surface area contributed by atoms with E-state index in [1.165, 1.54) is 0 Å². The van der Waals surface area contributed by atoms with E-state index in [1.54, 1.807) is 6.07 Å². The Morgan fingerprint density at radius 2 is 2.07 bits per heavy atom. The molecule has 0 bridgehead atoms. The minimum absolute atomic E-state index is 0.0280. The fraction of sp³-hybridized carbons (Fsp3) is 0.500. The van der Waals surface area contributed by atoms with Crippen molar-refractivity contribution in [1.29, 1.82) is 0 Å². The first-order valence-electron chi connectivity index (χ1n) is 9.15. The average molecular weight is 368 g/mol. The minimum Gasteiger partial charge on any atom is -0.338 e. The highest BCUT2D eigenvalue weighted by atomic mass is 16.2. The number of piperidine rings is 1. The zero-order valence-electron chi connectivity index (χ0n) is 15.9. The molecule has 0 spiro atoms. The molecule has 1 aliphatic heterocycles. The van der Waals surface area contributed by atoms with Gasteiger partial charge in [0.05, 0.1) is 6.54 Å². The highest BCUT2D eigenvalue weighted by Gasteiger charge is 2.29. The van der Waals surface area contributed by atoms with Crippen molar-refractivity contribution >= 4 is 16.9 Å². The van der Waals surface area contributed by atoms with Crippen molar-refractivity contribution in [3.05, 3.63) is 35.4 Å². The van der Waals surface area contributed by atoms with E-state index in [1.807, 2.05) is 38.2 Å². The molecular weight excluding hydrogens is 344 g/mol. The standard InChI is InChI=1S/C18H24N8O/c1-24(2)11-16-21-22-17(25(16)3)13-5-4-8-26(10-13)18(27)12-6-7-14-15(9-12)20-23-19-14/h6-7,9,13H,4-5,8,10-11H2,1-3H3,(H,19,20,23)/t13-/m1/s1. The summed E-state index contributed by atoms with van der Waals surface area (Å²) < 4.78 is 2.07. The van der Waals surface area contributed by atoms with Crippen LogP contribution in [0.1, 0.15) is 40.8 Å². The second-order valence-electron chi connectivity index (χ2n) is 7.39. The number of hydrogen-bond acceptors (Lipinski definition) is 6. The number of carbonyl (C=O) groups excluding carboxylic acids is 1. The highest BCUT2D eigenvalue weighted by Crippen LogP contribution is 2.27. The van der Waals surface area contributed by atoms with Crippen LogP contribution in [0.2, 0.25) is 0 Å². The van der Waals surface area contributed by atoms with Crippen LogP contribution in [-0.2, 0) is 13.6 Å². The predicted molar refractivity (Wildman–Crippen MR) is 100 cm³/mol. The molecule has 4 rings (SSSR count). The van der Waals surface area contributed by atoms with Gasteiger partial charge in [-0.3, -0.25) is 4.79 Å². The van der Waals surface area contributed by atoms with Crippen LogP contribution in [0.5, 0.6) is 0 Å². The van der Waals surface area contributed by atoms with Gasteiger partial charge in [-0.2, -0.15) is 15.4 Å². The second kappa shape index (κ2) is 7.07. The fourth-order valence-corrected chi connectivity index (χ4v) is 3.68. The van der Waals surface area contributed by atoms with Crippen LogP contribution in [0.4, 0.5) is 0 Å². The number of benzene rings is 1. The summed E-state index contributed by atoms with van der Waals surface area (Å²) in [5, 5.41) is 19.5. The highest BCUT2D eigenvalue weighted by molar-refractivity contribution is 5.97. The Balaban J connectivity index is 1.52. The van der Waals surface area contributed by atoms with E-state index in [9.17, 15) is 4.79 Å². The number of aromatic amines is 1. The number of H-pyrrole nitrogens is 1. The maximum atomic E-state index is 13.0. The molecule has 1 saturated heterocycles. The molecule has 3 aromatic rings. The smallest absolute Gasteiger partial charge is 0.253 e. The molecule has 27 heavy (non-hydrogen) atoms. The number of nitrogens with one attached hydrogen (secondary N) is 1. The molecule has 9 nitrogen and oxygen atoms in total. The van der Waals surface area contributed by atoms with E-state index >= 15 is 0 Å². The molecule has 3 heterocycles. The SMILES string of the molecule is CN(C)Cc1nnc([C@@H]2CCCN(C(=O)c3ccc4n[nH]nc4c3)C2)n1C. The van der Waals surface area contributed by atoms with Gasteiger partial charge < -0.3 is 14.4 Å². The van der Waals surface area contributed by atoms with E-state index in [-0.39, 0.29) is 11.8 Å². The lowest BCUT2D eigenvalue weighted by Gasteiger charge is -2.32. The van der Waals surface area contributed by atoms with Crippen molar-refractivity contribution in [3.63, 3.8) is 0 Å². The summed E-state index contributed by atoms with van der Waals surface area (Å²) in [7, 11) is 6.04. The normalized spacial score (nSPS) is 17.8. The quantitative estimate of drug-likeness (QED) is 0.743. The Morgan fingerprint density at radius 1 is 1.26 bits per heavy atom. The second-order valence-corrected chi connectivity index (χ2v) is 7.39. The van der Waals surface area contributed by atoms with Gasteiger partial charge in [0, 0.05) is 31.6 Å². The molecule has 0 saturated carbocycles. The van der Waals surface area contributed by atoms with Crippen LogP contribution in [0.15, 0.2) is 18.2 Å². The summed E-state index contributed by atoms with van der Waals surface area (Å²) in [4.78, 5) is 17.0. The maximum absolute atomic E-state index is 13.0. The summed E-state index contributed by atoms with van der Waals surface area (Å²) in [5.74, 6) is 2.12. The van der Waals surface area contributed by atoms with Gasteiger partial charge in [-0.15, -0.1) is 10.2 Å². The molecule has 1 amide bonds. The van der Waals surface area contributed by atoms with E-state index in [0.717, 1.165) is 43.1 Å². The summed E-state index contributed by atoms with van der Waals surface area (Å²) in [6.07, 6.45) is 1.97. The van der Waals surface area contributed by atoms with Crippen molar-refractivity contribution in [2.24, 2.45) is 7.05 Å². The van der Waals surface area contributed by atoms with Gasteiger partial charge in [0.15, 0.2) is 0 Å². The fourth-order valence-electron chi connectivity index (χ4n) is 3.68. The van der Waals surface area contributed by atoms with Gasteiger partial charge in [0.2, 0.25) is 0 Å². The van der Waals surface area contributed by atoms with E-state index in [0.29, 0.717) is 17.6 Å². The van der Waals surface area contributed by atoms with Gasteiger partial charge in [-0.25, -0.2) is 0 Å². The third-order valence-corrected chi connectivity index (χ3v) is 5.09. The number of nitrogens with zero attached hydrogens (tertiary/aromatic N) is 7. The molecule has 142 valence electrons. The zero-order chi connectivity index (χ0) is 19.0. The largest absolute Gasteiger partial charge is 0.338 e. The topological polar surface area (TPSA) is 95.8 Å². The summed E-state index contributed by atoms with van der Waals surface area (Å²) in [6.45, 7) is 2.16. The van der Waals surface area contributed by atoms with Crippen molar-refractivity contribution in [3.8, 4) is 0 Å². The minimum atomic E-state index is 0.0280. The van der Waals surface area contributed by atoms with Crippen molar-refractivity contribution in [2.75, 3.05) is 27.2 Å². The molecule has 1 N–H and O–H groups in total. The van der Waals surface area contributed by atoms with Gasteiger partial charge >= 0.3 is 0 Å². The van der Waals surface area contributed by atoms with Crippen molar-refractivity contribution in [1.82, 2.24) is 40.0 Å². The number of aromatic nitrogens is 6. The Morgan fingerprint density at radius 3 is 2.89 bits per heavy atom. The lowest BCUT2D eigenvalue weighted by atomic mass is 9.96. The number of rotatable bonds is 4. The molecule has 2 aromatic heterocycles. The lowest BCUT2D eigenvalue weighted by molar-refractivity contribution is 0.0703. The zero-order valence-corrected chi connectivity index (χ0v) is 15.9. The Labute approximate surface area is 157 Å². The number of fused-ring (bicyclic) bond motifs is 1. The molecule has 0 radical (unpaired) electrons. The number of hydrogen-bond donors (Lipinski definition) is 1.